The molecule has 362 valence electrons. The molecule has 0 aliphatic rings. The maximum Gasteiger partial charge on any atom is 0.306 e. The molecule has 1 atom stereocenters. The molecule has 0 aromatic rings. The molecule has 0 N–H and O–H groups in total. The lowest BCUT2D eigenvalue weighted by Gasteiger charge is -2.18. The second-order valence-electron chi connectivity index (χ2n) is 16.7. The zero-order valence-corrected chi connectivity index (χ0v) is 41.3. The van der Waals surface area contributed by atoms with E-state index in [1.54, 1.807) is 0 Å². The van der Waals surface area contributed by atoms with E-state index in [2.05, 4.69) is 130 Å². The molecule has 0 amide bonds. The number of carbonyl (C=O) groups excluding carboxylic acids is 3. The van der Waals surface area contributed by atoms with Crippen molar-refractivity contribution in [2.24, 2.45) is 0 Å². The van der Waals surface area contributed by atoms with Crippen LogP contribution in [0.2, 0.25) is 0 Å². The van der Waals surface area contributed by atoms with Gasteiger partial charge in [-0.15, -0.1) is 0 Å². The Morgan fingerprint density at radius 2 is 0.625 bits per heavy atom. The fourth-order valence-electron chi connectivity index (χ4n) is 6.66. The summed E-state index contributed by atoms with van der Waals surface area (Å²) in [5.41, 5.74) is 0. The van der Waals surface area contributed by atoms with Gasteiger partial charge in [-0.3, -0.25) is 14.4 Å². The first-order valence-electron chi connectivity index (χ1n) is 25.9. The molecule has 0 aromatic carbocycles. The standard InChI is InChI=1S/C58H94O6/c1-4-7-10-13-16-19-22-25-28-29-31-33-36-39-42-45-48-51-57(60)63-54-55(53-62-56(59)50-47-44-41-38-35-32-27-24-21-18-15-12-9-6-3)64-58(61)52-49-46-43-40-37-34-30-26-23-20-17-14-11-8-5-2/h7-8,10-11,16-17,19-20,24-28,30-31,33,39,42,55H,4-6,9,12-15,18,21-23,29,32,34-38,40-41,43-54H2,1-3H3/b10-7-,11-8-,19-16-,20-17-,27-24-,28-25-,30-26-,33-31-,42-39-/t55-/m1/s1. The molecule has 0 bridgehead atoms. The number of rotatable bonds is 45. The zero-order valence-electron chi connectivity index (χ0n) is 41.3. The summed E-state index contributed by atoms with van der Waals surface area (Å²) in [5, 5.41) is 0. The van der Waals surface area contributed by atoms with Gasteiger partial charge in [-0.05, 0) is 116 Å². The van der Waals surface area contributed by atoms with E-state index >= 15 is 0 Å². The van der Waals surface area contributed by atoms with Crippen LogP contribution in [0.4, 0.5) is 0 Å². The van der Waals surface area contributed by atoms with E-state index in [-0.39, 0.29) is 37.5 Å². The number of ether oxygens (including phenoxy) is 3. The third-order valence-corrected chi connectivity index (χ3v) is 10.5. The summed E-state index contributed by atoms with van der Waals surface area (Å²) >= 11 is 0. The van der Waals surface area contributed by atoms with Crippen LogP contribution >= 0.6 is 0 Å². The Labute approximate surface area is 393 Å². The number of allylic oxidation sites excluding steroid dienone is 18. The summed E-state index contributed by atoms with van der Waals surface area (Å²) < 4.78 is 16.7. The lowest BCUT2D eigenvalue weighted by atomic mass is 10.1. The maximum atomic E-state index is 12.8. The first-order valence-corrected chi connectivity index (χ1v) is 25.9. The Bertz CT molecular complexity index is 1340. The highest BCUT2D eigenvalue weighted by molar-refractivity contribution is 5.71. The highest BCUT2D eigenvalue weighted by Gasteiger charge is 2.19. The van der Waals surface area contributed by atoms with Gasteiger partial charge in [0.2, 0.25) is 0 Å². The predicted octanol–water partition coefficient (Wildman–Crippen LogP) is 17.1. The van der Waals surface area contributed by atoms with Crippen LogP contribution in [0.25, 0.3) is 0 Å². The molecule has 0 aromatic heterocycles. The molecule has 0 saturated carbocycles. The van der Waals surface area contributed by atoms with E-state index in [4.69, 9.17) is 14.2 Å². The van der Waals surface area contributed by atoms with Gasteiger partial charge in [-0.2, -0.15) is 0 Å². The van der Waals surface area contributed by atoms with Crippen LogP contribution in [-0.2, 0) is 28.6 Å². The fraction of sp³-hybridized carbons (Fsp3) is 0.638. The molecule has 6 heteroatoms. The van der Waals surface area contributed by atoms with Crippen molar-refractivity contribution in [2.75, 3.05) is 13.2 Å². The molecule has 0 spiro atoms. The average Bonchev–Trinajstić information content (AvgIpc) is 3.29. The summed E-state index contributed by atoms with van der Waals surface area (Å²) in [6, 6.07) is 0. The highest BCUT2D eigenvalue weighted by Crippen LogP contribution is 2.13. The summed E-state index contributed by atoms with van der Waals surface area (Å²) in [4.78, 5) is 38.0. The van der Waals surface area contributed by atoms with E-state index in [1.165, 1.54) is 44.9 Å². The van der Waals surface area contributed by atoms with Crippen molar-refractivity contribution in [3.05, 3.63) is 109 Å². The molecule has 0 heterocycles. The van der Waals surface area contributed by atoms with Crippen molar-refractivity contribution in [3.8, 4) is 0 Å². The zero-order chi connectivity index (χ0) is 46.5. The van der Waals surface area contributed by atoms with Crippen molar-refractivity contribution in [1.82, 2.24) is 0 Å². The molecule has 0 aliphatic carbocycles. The second kappa shape index (κ2) is 51.7. The van der Waals surface area contributed by atoms with E-state index in [0.29, 0.717) is 19.3 Å². The number of unbranched alkanes of at least 4 members (excludes halogenated alkanes) is 16. The lowest BCUT2D eigenvalue weighted by Crippen LogP contribution is -2.30. The molecule has 64 heavy (non-hydrogen) atoms. The summed E-state index contributed by atoms with van der Waals surface area (Å²) in [7, 11) is 0. The van der Waals surface area contributed by atoms with Crippen LogP contribution in [0.1, 0.15) is 220 Å². The summed E-state index contributed by atoms with van der Waals surface area (Å²) in [6.45, 7) is 6.32. The molecule has 0 rings (SSSR count). The molecule has 0 unspecified atom stereocenters. The number of hydrogen-bond acceptors (Lipinski definition) is 6. The van der Waals surface area contributed by atoms with Gasteiger partial charge in [0, 0.05) is 19.3 Å². The molecule has 0 saturated heterocycles. The van der Waals surface area contributed by atoms with Crippen LogP contribution in [0.5, 0.6) is 0 Å². The molecular weight excluding hydrogens is 793 g/mol. The predicted molar refractivity (Wildman–Crippen MR) is 274 cm³/mol. The molecule has 6 nitrogen and oxygen atoms in total. The minimum atomic E-state index is -0.815. The van der Waals surface area contributed by atoms with Crippen molar-refractivity contribution in [1.29, 1.82) is 0 Å². The van der Waals surface area contributed by atoms with E-state index in [0.717, 1.165) is 128 Å². The molecule has 0 aliphatic heterocycles. The van der Waals surface area contributed by atoms with Gasteiger partial charge >= 0.3 is 17.9 Å². The van der Waals surface area contributed by atoms with Crippen LogP contribution < -0.4 is 0 Å². The second-order valence-corrected chi connectivity index (χ2v) is 16.7. The van der Waals surface area contributed by atoms with Gasteiger partial charge in [-0.1, -0.05) is 194 Å². The highest BCUT2D eigenvalue weighted by atomic mass is 16.6. The Morgan fingerprint density at radius 3 is 1.03 bits per heavy atom. The Kier molecular flexibility index (Phi) is 48.5. The van der Waals surface area contributed by atoms with Crippen molar-refractivity contribution >= 4 is 17.9 Å². The average molecular weight is 887 g/mol. The SMILES string of the molecule is CC/C=C\C/C=C\C/C=C\C/C=C\C/C=C\CCCC(=O)OC[C@@H](COC(=O)CCCCCCC/C=C\CCCCCCC)OC(=O)CCCCCCC/C=C\C/C=C\C/C=C\CC. The molecule has 0 radical (unpaired) electrons. The normalized spacial score (nSPS) is 13.0. The van der Waals surface area contributed by atoms with Gasteiger partial charge in [0.1, 0.15) is 13.2 Å². The third-order valence-electron chi connectivity index (χ3n) is 10.5. The van der Waals surface area contributed by atoms with Crippen molar-refractivity contribution in [2.45, 2.75) is 226 Å². The van der Waals surface area contributed by atoms with E-state index < -0.39 is 6.10 Å². The van der Waals surface area contributed by atoms with Crippen LogP contribution in [0.3, 0.4) is 0 Å². The largest absolute Gasteiger partial charge is 0.462 e. The van der Waals surface area contributed by atoms with Crippen LogP contribution in [-0.4, -0.2) is 37.2 Å². The number of hydrogen-bond donors (Lipinski definition) is 0. The topological polar surface area (TPSA) is 78.9 Å². The van der Waals surface area contributed by atoms with Gasteiger partial charge in [0.15, 0.2) is 6.10 Å². The third kappa shape index (κ3) is 49.1. The van der Waals surface area contributed by atoms with Gasteiger partial charge in [-0.25, -0.2) is 0 Å². The summed E-state index contributed by atoms with van der Waals surface area (Å²) in [6.07, 6.45) is 69.3. The monoisotopic (exact) mass is 887 g/mol. The Morgan fingerprint density at radius 1 is 0.328 bits per heavy atom. The van der Waals surface area contributed by atoms with E-state index in [1.807, 2.05) is 0 Å². The molecule has 0 fully saturated rings. The van der Waals surface area contributed by atoms with Crippen LogP contribution in [0.15, 0.2) is 109 Å². The quantitative estimate of drug-likeness (QED) is 0.0262. The van der Waals surface area contributed by atoms with Crippen molar-refractivity contribution in [3.63, 3.8) is 0 Å². The first kappa shape index (κ1) is 60.1. The smallest absolute Gasteiger partial charge is 0.306 e. The minimum absolute atomic E-state index is 0.109. The van der Waals surface area contributed by atoms with Gasteiger partial charge in [0.25, 0.3) is 0 Å². The first-order chi connectivity index (χ1) is 31.5. The maximum absolute atomic E-state index is 12.8. The van der Waals surface area contributed by atoms with Gasteiger partial charge < -0.3 is 14.2 Å². The molecular formula is C58H94O6. The fourth-order valence-corrected chi connectivity index (χ4v) is 6.66. The minimum Gasteiger partial charge on any atom is -0.462 e. The van der Waals surface area contributed by atoms with E-state index in [9.17, 15) is 14.4 Å². The van der Waals surface area contributed by atoms with Gasteiger partial charge in [0.05, 0.1) is 0 Å². The Hall–Kier alpha value is -3.93. The van der Waals surface area contributed by atoms with Crippen LogP contribution in [0, 0.1) is 0 Å². The number of esters is 3. The van der Waals surface area contributed by atoms with Crippen molar-refractivity contribution < 1.29 is 28.6 Å². The summed E-state index contributed by atoms with van der Waals surface area (Å²) in [5.74, 6) is -1.00. The lowest BCUT2D eigenvalue weighted by molar-refractivity contribution is -0.167. The number of carbonyl (C=O) groups is 3. The Balaban J connectivity index is 4.54.